The molecule has 0 amide bonds. The van der Waals surface area contributed by atoms with E-state index in [1.165, 1.54) is 12.1 Å². The molecule has 0 aromatic heterocycles. The standard InChI is InChI=1S/C15H15FN2O3/c1-20-13-3-2-4-14(8-13)21-9-10-5-11(15(17)18-19)7-12(16)6-10/h2-8,19H,9H2,1H3,(H2,17,18). The lowest BCUT2D eigenvalue weighted by Crippen LogP contribution is -2.14. The lowest BCUT2D eigenvalue weighted by molar-refractivity contribution is 0.303. The van der Waals surface area contributed by atoms with Crippen LogP contribution in [0.5, 0.6) is 11.5 Å². The summed E-state index contributed by atoms with van der Waals surface area (Å²) in [7, 11) is 1.56. The van der Waals surface area contributed by atoms with Crippen LogP contribution in [-0.4, -0.2) is 18.2 Å². The first kappa shape index (κ1) is 14.6. The number of ether oxygens (including phenoxy) is 2. The molecule has 0 spiro atoms. The van der Waals surface area contributed by atoms with Gasteiger partial charge in [0.15, 0.2) is 5.84 Å². The highest BCUT2D eigenvalue weighted by Gasteiger charge is 2.06. The Kier molecular flexibility index (Phi) is 4.61. The molecule has 0 aliphatic heterocycles. The minimum atomic E-state index is -0.483. The second-order valence-electron chi connectivity index (χ2n) is 4.30. The number of methoxy groups -OCH3 is 1. The third kappa shape index (κ3) is 3.85. The van der Waals surface area contributed by atoms with Crippen molar-refractivity contribution in [2.45, 2.75) is 6.61 Å². The van der Waals surface area contributed by atoms with Gasteiger partial charge in [-0.25, -0.2) is 4.39 Å². The number of hydrogen-bond donors (Lipinski definition) is 2. The molecule has 0 atom stereocenters. The van der Waals surface area contributed by atoms with Gasteiger partial charge in [0.1, 0.15) is 23.9 Å². The number of nitrogens with two attached hydrogens (primary N) is 1. The van der Waals surface area contributed by atoms with Crippen LogP contribution in [0.15, 0.2) is 47.6 Å². The third-order valence-electron chi connectivity index (χ3n) is 2.81. The van der Waals surface area contributed by atoms with Gasteiger partial charge in [-0.3, -0.25) is 0 Å². The largest absolute Gasteiger partial charge is 0.497 e. The molecule has 0 saturated heterocycles. The average Bonchev–Trinajstić information content (AvgIpc) is 2.51. The number of nitrogens with zero attached hydrogens (tertiary/aromatic N) is 1. The predicted molar refractivity (Wildman–Crippen MR) is 76.2 cm³/mol. The highest BCUT2D eigenvalue weighted by atomic mass is 19.1. The molecule has 0 aliphatic carbocycles. The molecule has 0 radical (unpaired) electrons. The van der Waals surface area contributed by atoms with Crippen LogP contribution in [0.3, 0.4) is 0 Å². The van der Waals surface area contributed by atoms with E-state index in [9.17, 15) is 4.39 Å². The number of amidine groups is 1. The van der Waals surface area contributed by atoms with Gasteiger partial charge in [-0.2, -0.15) is 0 Å². The van der Waals surface area contributed by atoms with Crippen LogP contribution < -0.4 is 15.2 Å². The van der Waals surface area contributed by atoms with Crippen molar-refractivity contribution in [1.82, 2.24) is 0 Å². The monoisotopic (exact) mass is 290 g/mol. The molecule has 0 unspecified atom stereocenters. The van der Waals surface area contributed by atoms with Gasteiger partial charge in [0.25, 0.3) is 0 Å². The van der Waals surface area contributed by atoms with Gasteiger partial charge in [-0.1, -0.05) is 11.2 Å². The van der Waals surface area contributed by atoms with Crippen LogP contribution in [0, 0.1) is 5.82 Å². The van der Waals surface area contributed by atoms with Gasteiger partial charge >= 0.3 is 0 Å². The maximum Gasteiger partial charge on any atom is 0.170 e. The fourth-order valence-corrected chi connectivity index (χ4v) is 1.80. The molecule has 21 heavy (non-hydrogen) atoms. The molecule has 3 N–H and O–H groups in total. The van der Waals surface area contributed by atoms with E-state index in [1.807, 2.05) is 0 Å². The summed E-state index contributed by atoms with van der Waals surface area (Å²) in [4.78, 5) is 0. The lowest BCUT2D eigenvalue weighted by Gasteiger charge is -2.09. The quantitative estimate of drug-likeness (QED) is 0.384. The number of oxime groups is 1. The molecule has 0 bridgehead atoms. The highest BCUT2D eigenvalue weighted by molar-refractivity contribution is 5.97. The van der Waals surface area contributed by atoms with E-state index in [0.717, 1.165) is 0 Å². The minimum Gasteiger partial charge on any atom is -0.497 e. The average molecular weight is 290 g/mol. The Hall–Kier alpha value is -2.76. The van der Waals surface area contributed by atoms with Crippen LogP contribution >= 0.6 is 0 Å². The molecular weight excluding hydrogens is 275 g/mol. The van der Waals surface area contributed by atoms with Crippen LogP contribution in [-0.2, 0) is 6.61 Å². The van der Waals surface area contributed by atoms with Crippen molar-refractivity contribution in [3.63, 3.8) is 0 Å². The van der Waals surface area contributed by atoms with Crippen LogP contribution in [0.2, 0.25) is 0 Å². The smallest absolute Gasteiger partial charge is 0.170 e. The van der Waals surface area contributed by atoms with Gasteiger partial charge in [0.2, 0.25) is 0 Å². The second kappa shape index (κ2) is 6.60. The maximum absolute atomic E-state index is 13.5. The minimum absolute atomic E-state index is 0.149. The van der Waals surface area contributed by atoms with Crippen molar-refractivity contribution >= 4 is 5.84 Å². The van der Waals surface area contributed by atoms with E-state index in [0.29, 0.717) is 22.6 Å². The first-order valence-corrected chi connectivity index (χ1v) is 6.16. The normalized spacial score (nSPS) is 11.2. The van der Waals surface area contributed by atoms with Crippen LogP contribution in [0.4, 0.5) is 4.39 Å². The summed E-state index contributed by atoms with van der Waals surface area (Å²) in [5.41, 5.74) is 6.32. The van der Waals surface area contributed by atoms with Crippen molar-refractivity contribution in [3.05, 3.63) is 59.4 Å². The van der Waals surface area contributed by atoms with Crippen molar-refractivity contribution < 1.29 is 19.1 Å². The van der Waals surface area contributed by atoms with E-state index >= 15 is 0 Å². The molecule has 2 aromatic rings. The number of halogens is 1. The van der Waals surface area contributed by atoms with Crippen molar-refractivity contribution in [1.29, 1.82) is 0 Å². The topological polar surface area (TPSA) is 77.1 Å². The maximum atomic E-state index is 13.5. The molecule has 110 valence electrons. The molecule has 0 aliphatic rings. The summed E-state index contributed by atoms with van der Waals surface area (Å²) >= 11 is 0. The Bertz CT molecular complexity index is 659. The summed E-state index contributed by atoms with van der Waals surface area (Å²) < 4.78 is 24.2. The lowest BCUT2D eigenvalue weighted by atomic mass is 10.1. The third-order valence-corrected chi connectivity index (χ3v) is 2.81. The molecule has 0 heterocycles. The van der Waals surface area contributed by atoms with E-state index in [-0.39, 0.29) is 12.4 Å². The predicted octanol–water partition coefficient (Wildman–Crippen LogP) is 2.51. The summed E-state index contributed by atoms with van der Waals surface area (Å²) in [5, 5.41) is 11.5. The fourth-order valence-electron chi connectivity index (χ4n) is 1.80. The number of rotatable bonds is 5. The van der Waals surface area contributed by atoms with Crippen LogP contribution in [0.25, 0.3) is 0 Å². The first-order chi connectivity index (χ1) is 10.1. The van der Waals surface area contributed by atoms with Gasteiger partial charge in [0, 0.05) is 11.6 Å². The fraction of sp³-hybridized carbons (Fsp3) is 0.133. The zero-order valence-electron chi connectivity index (χ0n) is 11.4. The Morgan fingerprint density at radius 2 is 2.00 bits per heavy atom. The SMILES string of the molecule is COc1cccc(OCc2cc(F)cc(/C(N)=N/O)c2)c1. The van der Waals surface area contributed by atoms with E-state index in [4.69, 9.17) is 20.4 Å². The summed E-state index contributed by atoms with van der Waals surface area (Å²) in [5.74, 6) is 0.633. The van der Waals surface area contributed by atoms with Crippen molar-refractivity contribution in [3.8, 4) is 11.5 Å². The second-order valence-corrected chi connectivity index (χ2v) is 4.30. The van der Waals surface area contributed by atoms with Gasteiger partial charge < -0.3 is 20.4 Å². The van der Waals surface area contributed by atoms with Gasteiger partial charge in [0.05, 0.1) is 7.11 Å². The van der Waals surface area contributed by atoms with Gasteiger partial charge in [-0.05, 0) is 35.9 Å². The van der Waals surface area contributed by atoms with Crippen LogP contribution in [0.1, 0.15) is 11.1 Å². The van der Waals surface area contributed by atoms with E-state index < -0.39 is 5.82 Å². The molecular formula is C15H15FN2O3. The highest BCUT2D eigenvalue weighted by Crippen LogP contribution is 2.20. The summed E-state index contributed by atoms with van der Waals surface area (Å²) in [6.45, 7) is 0.149. The van der Waals surface area contributed by atoms with Gasteiger partial charge in [-0.15, -0.1) is 0 Å². The summed E-state index contributed by atoms with van der Waals surface area (Å²) in [6, 6.07) is 11.2. The molecule has 6 heteroatoms. The molecule has 2 rings (SSSR count). The Balaban J connectivity index is 2.14. The van der Waals surface area contributed by atoms with E-state index in [1.54, 1.807) is 37.4 Å². The first-order valence-electron chi connectivity index (χ1n) is 6.16. The number of benzene rings is 2. The Morgan fingerprint density at radius 1 is 1.24 bits per heavy atom. The van der Waals surface area contributed by atoms with Crippen molar-refractivity contribution in [2.75, 3.05) is 7.11 Å². The Labute approximate surface area is 121 Å². The molecule has 0 saturated carbocycles. The van der Waals surface area contributed by atoms with E-state index in [2.05, 4.69) is 5.16 Å². The Morgan fingerprint density at radius 3 is 2.71 bits per heavy atom. The molecule has 2 aromatic carbocycles. The zero-order chi connectivity index (χ0) is 15.2. The number of hydrogen-bond acceptors (Lipinski definition) is 4. The molecule has 5 nitrogen and oxygen atoms in total. The summed E-state index contributed by atoms with van der Waals surface area (Å²) in [6.07, 6.45) is 0. The van der Waals surface area contributed by atoms with Crippen molar-refractivity contribution in [2.24, 2.45) is 10.9 Å². The zero-order valence-corrected chi connectivity index (χ0v) is 11.4. The molecule has 0 fully saturated rings.